The Labute approximate surface area is 147 Å². The lowest BCUT2D eigenvalue weighted by atomic mass is 10.0. The molecule has 0 amide bonds. The summed E-state index contributed by atoms with van der Waals surface area (Å²) in [4.78, 5) is 0. The molecule has 0 fully saturated rings. The summed E-state index contributed by atoms with van der Waals surface area (Å²) in [7, 11) is -1.19. The van der Waals surface area contributed by atoms with Crippen molar-refractivity contribution in [2.24, 2.45) is 0 Å². The lowest BCUT2D eigenvalue weighted by Gasteiger charge is -2.18. The number of allylic oxidation sites excluding steroid dienone is 3. The van der Waals surface area contributed by atoms with Crippen molar-refractivity contribution < 1.29 is 0 Å². The van der Waals surface area contributed by atoms with Gasteiger partial charge in [-0.15, -0.1) is 0 Å². The van der Waals surface area contributed by atoms with Gasteiger partial charge in [-0.25, -0.2) is 0 Å². The van der Waals surface area contributed by atoms with E-state index in [4.69, 9.17) is 0 Å². The molecule has 1 heteroatoms. The molecule has 0 atom stereocenters. The van der Waals surface area contributed by atoms with Crippen LogP contribution in [0, 0.1) is 0 Å². The summed E-state index contributed by atoms with van der Waals surface area (Å²) in [6, 6.07) is 0. The van der Waals surface area contributed by atoms with Crippen LogP contribution in [0.4, 0.5) is 0 Å². The summed E-state index contributed by atoms with van der Waals surface area (Å²) in [5, 5.41) is 1.83. The van der Waals surface area contributed by atoms with Crippen LogP contribution in [0.25, 0.3) is 0 Å². The number of hydrogen-bond acceptors (Lipinski definition) is 0. The molecule has 0 aromatic carbocycles. The predicted octanol–water partition coefficient (Wildman–Crippen LogP) is 8.14. The van der Waals surface area contributed by atoms with Crippen LogP contribution in [0.1, 0.15) is 104 Å². The SMILES string of the molecule is CCCCCCCCC1=C[Si](C)(C)C(CCCCCCCC)=C1. The van der Waals surface area contributed by atoms with Gasteiger partial charge in [0.05, 0.1) is 8.07 Å². The van der Waals surface area contributed by atoms with Gasteiger partial charge in [-0.1, -0.05) is 114 Å². The molecular formula is C22H42Si. The van der Waals surface area contributed by atoms with E-state index in [-0.39, 0.29) is 0 Å². The van der Waals surface area contributed by atoms with Gasteiger partial charge in [-0.3, -0.25) is 0 Å². The second-order valence-corrected chi connectivity index (χ2v) is 12.5. The van der Waals surface area contributed by atoms with Crippen molar-refractivity contribution in [1.29, 1.82) is 0 Å². The molecule has 0 nitrogen and oxygen atoms in total. The fourth-order valence-corrected chi connectivity index (χ4v) is 6.47. The molecule has 0 radical (unpaired) electrons. The maximum Gasteiger partial charge on any atom is 0.0993 e. The molecule has 0 unspecified atom stereocenters. The average molecular weight is 335 g/mol. The van der Waals surface area contributed by atoms with Crippen LogP contribution in [0.15, 0.2) is 22.5 Å². The lowest BCUT2D eigenvalue weighted by molar-refractivity contribution is 0.607. The quantitative estimate of drug-likeness (QED) is 0.222. The van der Waals surface area contributed by atoms with Crippen molar-refractivity contribution >= 4 is 8.07 Å². The minimum atomic E-state index is -1.19. The van der Waals surface area contributed by atoms with Crippen LogP contribution in [-0.2, 0) is 0 Å². The minimum Gasteiger partial charge on any atom is -0.0873 e. The van der Waals surface area contributed by atoms with Crippen LogP contribution in [0.2, 0.25) is 13.1 Å². The molecule has 0 aromatic heterocycles. The summed E-state index contributed by atoms with van der Waals surface area (Å²) in [5.74, 6) is 0. The molecule has 23 heavy (non-hydrogen) atoms. The first kappa shape index (κ1) is 20.7. The third-order valence-corrected chi connectivity index (χ3v) is 8.49. The van der Waals surface area contributed by atoms with Crippen molar-refractivity contribution in [2.45, 2.75) is 117 Å². The molecule has 1 rings (SSSR count). The minimum absolute atomic E-state index is 1.19. The molecule has 0 aromatic rings. The van der Waals surface area contributed by atoms with Gasteiger partial charge in [0.1, 0.15) is 0 Å². The molecule has 0 N–H and O–H groups in total. The topological polar surface area (TPSA) is 0 Å². The molecule has 0 aliphatic carbocycles. The van der Waals surface area contributed by atoms with Gasteiger partial charge in [0.25, 0.3) is 0 Å². The average Bonchev–Trinajstić information content (AvgIpc) is 2.80. The van der Waals surface area contributed by atoms with Crippen molar-refractivity contribution in [3.63, 3.8) is 0 Å². The van der Waals surface area contributed by atoms with E-state index in [1.807, 2.05) is 5.20 Å². The Morgan fingerprint density at radius 2 is 1.13 bits per heavy atom. The largest absolute Gasteiger partial charge is 0.0993 e. The van der Waals surface area contributed by atoms with Gasteiger partial charge in [0, 0.05) is 0 Å². The predicted molar refractivity (Wildman–Crippen MR) is 110 cm³/mol. The first-order chi connectivity index (χ1) is 11.1. The van der Waals surface area contributed by atoms with E-state index in [0.717, 1.165) is 0 Å². The Balaban J connectivity index is 2.21. The molecule has 0 saturated carbocycles. The maximum atomic E-state index is 2.69. The Hall–Kier alpha value is -0.303. The van der Waals surface area contributed by atoms with Crippen LogP contribution in [-0.4, -0.2) is 8.07 Å². The zero-order valence-electron chi connectivity index (χ0n) is 16.6. The molecule has 0 spiro atoms. The smallest absolute Gasteiger partial charge is 0.0873 e. The summed E-state index contributed by atoms with van der Waals surface area (Å²) < 4.78 is 0. The first-order valence-corrected chi connectivity index (χ1v) is 13.6. The van der Waals surface area contributed by atoms with Crippen LogP contribution >= 0.6 is 0 Å². The molecule has 1 heterocycles. The van der Waals surface area contributed by atoms with Gasteiger partial charge in [0.2, 0.25) is 0 Å². The van der Waals surface area contributed by atoms with E-state index < -0.39 is 8.07 Å². The molecule has 134 valence electrons. The van der Waals surface area contributed by atoms with E-state index in [1.165, 1.54) is 89.9 Å². The Morgan fingerprint density at radius 3 is 1.70 bits per heavy atom. The third-order valence-electron chi connectivity index (χ3n) is 5.35. The van der Waals surface area contributed by atoms with E-state index in [2.05, 4.69) is 38.7 Å². The highest BCUT2D eigenvalue weighted by Crippen LogP contribution is 2.32. The fourth-order valence-electron chi connectivity index (χ4n) is 3.75. The Bertz CT molecular complexity index is 362. The highest BCUT2D eigenvalue weighted by atomic mass is 28.3. The molecule has 1 aliphatic rings. The second kappa shape index (κ2) is 12.1. The maximum absolute atomic E-state index is 2.69. The van der Waals surface area contributed by atoms with Crippen molar-refractivity contribution in [3.05, 3.63) is 22.5 Å². The van der Waals surface area contributed by atoms with Crippen molar-refractivity contribution in [3.8, 4) is 0 Å². The number of unbranched alkanes of at least 4 members (excludes halogenated alkanes) is 10. The summed E-state index contributed by atoms with van der Waals surface area (Å²) in [6.45, 7) is 9.69. The lowest BCUT2D eigenvalue weighted by Crippen LogP contribution is -2.24. The number of hydrogen-bond donors (Lipinski definition) is 0. The highest BCUT2D eigenvalue weighted by Gasteiger charge is 2.27. The van der Waals surface area contributed by atoms with Gasteiger partial charge < -0.3 is 0 Å². The van der Waals surface area contributed by atoms with Crippen LogP contribution in [0.5, 0.6) is 0 Å². The molecule has 0 bridgehead atoms. The Kier molecular flexibility index (Phi) is 10.9. The molecule has 1 aliphatic heterocycles. The van der Waals surface area contributed by atoms with E-state index in [1.54, 1.807) is 5.57 Å². The molecule has 0 saturated heterocycles. The first-order valence-electron chi connectivity index (χ1n) is 10.5. The van der Waals surface area contributed by atoms with E-state index >= 15 is 0 Å². The summed E-state index contributed by atoms with van der Waals surface area (Å²) in [5.41, 5.74) is 4.36. The van der Waals surface area contributed by atoms with Gasteiger partial charge >= 0.3 is 0 Å². The zero-order valence-corrected chi connectivity index (χ0v) is 17.6. The van der Waals surface area contributed by atoms with Crippen molar-refractivity contribution in [2.75, 3.05) is 0 Å². The van der Waals surface area contributed by atoms with E-state index in [0.29, 0.717) is 0 Å². The van der Waals surface area contributed by atoms with E-state index in [9.17, 15) is 0 Å². The summed E-state index contributed by atoms with van der Waals surface area (Å²) in [6.07, 6.45) is 22.3. The van der Waals surface area contributed by atoms with Gasteiger partial charge in [0.15, 0.2) is 0 Å². The fraction of sp³-hybridized carbons (Fsp3) is 0.818. The monoisotopic (exact) mass is 334 g/mol. The summed E-state index contributed by atoms with van der Waals surface area (Å²) >= 11 is 0. The third kappa shape index (κ3) is 8.93. The normalized spacial score (nSPS) is 16.5. The number of rotatable bonds is 14. The second-order valence-electron chi connectivity index (χ2n) is 8.15. The van der Waals surface area contributed by atoms with Gasteiger partial charge in [-0.05, 0) is 25.7 Å². The zero-order chi connectivity index (χ0) is 17.0. The van der Waals surface area contributed by atoms with Gasteiger partial charge in [-0.2, -0.15) is 0 Å². The van der Waals surface area contributed by atoms with Crippen LogP contribution < -0.4 is 0 Å². The van der Waals surface area contributed by atoms with Crippen molar-refractivity contribution in [1.82, 2.24) is 0 Å². The Morgan fingerprint density at radius 1 is 0.652 bits per heavy atom. The van der Waals surface area contributed by atoms with Crippen LogP contribution in [0.3, 0.4) is 0 Å². The molecular weight excluding hydrogens is 292 g/mol. The standard InChI is InChI=1S/C22H42Si/c1-5-7-9-11-13-15-17-21-19-22(23(3,4)20-21)18-16-14-12-10-8-6-2/h19-20H,5-18H2,1-4H3. The highest BCUT2D eigenvalue weighted by molar-refractivity contribution is 6.89.